The Bertz CT molecular complexity index is 145. The van der Waals surface area contributed by atoms with Crippen LogP contribution in [0.25, 0.3) is 0 Å². The van der Waals surface area contributed by atoms with Crippen molar-refractivity contribution in [1.29, 1.82) is 0 Å². The molecule has 2 N–H and O–H groups in total. The molecule has 0 spiro atoms. The zero-order valence-electron chi connectivity index (χ0n) is 9.69. The predicted octanol–water partition coefficient (Wildman–Crippen LogP) is -1.17. The predicted molar refractivity (Wildman–Crippen MR) is 56.2 cm³/mol. The zero-order chi connectivity index (χ0) is 9.84. The van der Waals surface area contributed by atoms with Crippen molar-refractivity contribution in [3.8, 4) is 0 Å². The topological polar surface area (TPSA) is 8.88 Å². The van der Waals surface area contributed by atoms with Gasteiger partial charge in [-0.3, -0.25) is 0 Å². The van der Waals surface area contributed by atoms with Gasteiger partial charge in [0.25, 0.3) is 0 Å². The molecule has 2 nitrogen and oxygen atoms in total. The van der Waals surface area contributed by atoms with Crippen LogP contribution < -0.4 is 9.80 Å². The average molecular weight is 186 g/mol. The van der Waals surface area contributed by atoms with Crippen LogP contribution in [0.5, 0.6) is 0 Å². The van der Waals surface area contributed by atoms with E-state index in [1.165, 1.54) is 32.4 Å². The van der Waals surface area contributed by atoms with E-state index >= 15 is 0 Å². The van der Waals surface area contributed by atoms with Crippen LogP contribution in [0.15, 0.2) is 0 Å². The summed E-state index contributed by atoms with van der Waals surface area (Å²) in [6.45, 7) is 5.03. The number of rotatable bonds is 4. The van der Waals surface area contributed by atoms with Gasteiger partial charge in [0.15, 0.2) is 0 Å². The molecule has 1 fully saturated rings. The van der Waals surface area contributed by atoms with E-state index in [2.05, 4.69) is 28.1 Å². The molecular formula is C11H26N2+2. The molecule has 78 valence electrons. The van der Waals surface area contributed by atoms with Crippen molar-refractivity contribution in [2.45, 2.75) is 32.2 Å². The molecule has 1 aliphatic carbocycles. The highest BCUT2D eigenvalue weighted by Crippen LogP contribution is 2.22. The van der Waals surface area contributed by atoms with Gasteiger partial charge in [-0.2, -0.15) is 0 Å². The Morgan fingerprint density at radius 1 is 1.08 bits per heavy atom. The Balaban J connectivity index is 2.19. The summed E-state index contributed by atoms with van der Waals surface area (Å²) < 4.78 is 0. The molecule has 0 saturated heterocycles. The molecule has 1 unspecified atom stereocenters. The summed E-state index contributed by atoms with van der Waals surface area (Å²) >= 11 is 0. The fraction of sp³-hybridized carbons (Fsp3) is 1.00. The van der Waals surface area contributed by atoms with Crippen LogP contribution in [-0.4, -0.2) is 40.3 Å². The van der Waals surface area contributed by atoms with Gasteiger partial charge < -0.3 is 9.80 Å². The Hall–Kier alpha value is -0.0800. The fourth-order valence-corrected chi connectivity index (χ4v) is 2.31. The number of likely N-dealkylation sites (N-methyl/N-ethyl adjacent to an activating group) is 2. The lowest BCUT2D eigenvalue weighted by molar-refractivity contribution is -0.944. The molecule has 1 rings (SSSR count). The highest BCUT2D eigenvalue weighted by atomic mass is 15.2. The second-order valence-corrected chi connectivity index (χ2v) is 5.17. The van der Waals surface area contributed by atoms with E-state index in [4.69, 9.17) is 0 Å². The summed E-state index contributed by atoms with van der Waals surface area (Å²) in [4.78, 5) is 3.33. The molecule has 0 radical (unpaired) electrons. The fourth-order valence-electron chi connectivity index (χ4n) is 2.31. The van der Waals surface area contributed by atoms with E-state index in [0.717, 1.165) is 12.0 Å². The Labute approximate surface area is 82.9 Å². The summed E-state index contributed by atoms with van der Waals surface area (Å²) in [7, 11) is 6.85. The average Bonchev–Trinajstić information content (AvgIpc) is 2.47. The second kappa shape index (κ2) is 4.97. The van der Waals surface area contributed by atoms with Crippen LogP contribution >= 0.6 is 0 Å². The maximum Gasteiger partial charge on any atom is 0.127 e. The smallest absolute Gasteiger partial charge is 0.127 e. The van der Waals surface area contributed by atoms with Gasteiger partial charge in [0.05, 0.1) is 27.2 Å². The molecule has 0 aromatic heterocycles. The van der Waals surface area contributed by atoms with E-state index in [1.54, 1.807) is 9.80 Å². The van der Waals surface area contributed by atoms with Crippen molar-refractivity contribution in [3.63, 3.8) is 0 Å². The minimum Gasteiger partial charge on any atom is -0.335 e. The third-order valence-corrected chi connectivity index (χ3v) is 3.41. The van der Waals surface area contributed by atoms with Gasteiger partial charge in [-0.15, -0.1) is 0 Å². The van der Waals surface area contributed by atoms with Gasteiger partial charge in [0.2, 0.25) is 0 Å². The van der Waals surface area contributed by atoms with Crippen LogP contribution in [0.3, 0.4) is 0 Å². The van der Waals surface area contributed by atoms with E-state index in [0.29, 0.717) is 0 Å². The molecule has 1 aliphatic rings. The van der Waals surface area contributed by atoms with Crippen LogP contribution in [0.1, 0.15) is 26.2 Å². The summed E-state index contributed by atoms with van der Waals surface area (Å²) in [5.74, 6) is 0.978. The van der Waals surface area contributed by atoms with Crippen LogP contribution in [-0.2, 0) is 0 Å². The minimum absolute atomic E-state index is 0.953. The van der Waals surface area contributed by atoms with Crippen molar-refractivity contribution >= 4 is 0 Å². The van der Waals surface area contributed by atoms with Crippen LogP contribution in [0, 0.1) is 5.92 Å². The largest absolute Gasteiger partial charge is 0.335 e. The summed E-state index contributed by atoms with van der Waals surface area (Å²) in [6, 6.07) is 0.953. The quantitative estimate of drug-likeness (QED) is 0.548. The van der Waals surface area contributed by atoms with Gasteiger partial charge in [0, 0.05) is 6.42 Å². The van der Waals surface area contributed by atoms with E-state index in [9.17, 15) is 0 Å². The molecule has 0 amide bonds. The number of hydrogen-bond acceptors (Lipinski definition) is 0. The molecule has 0 aliphatic heterocycles. The van der Waals surface area contributed by atoms with Crippen molar-refractivity contribution in [2.24, 2.45) is 5.92 Å². The van der Waals surface area contributed by atoms with Gasteiger partial charge in [-0.1, -0.05) is 6.92 Å². The molecule has 1 saturated carbocycles. The van der Waals surface area contributed by atoms with Crippen molar-refractivity contribution in [2.75, 3.05) is 34.2 Å². The summed E-state index contributed by atoms with van der Waals surface area (Å²) in [5, 5.41) is 0. The Morgan fingerprint density at radius 2 is 1.77 bits per heavy atom. The molecule has 2 heteroatoms. The minimum atomic E-state index is 0.953. The van der Waals surface area contributed by atoms with Gasteiger partial charge >= 0.3 is 0 Å². The second-order valence-electron chi connectivity index (χ2n) is 5.17. The van der Waals surface area contributed by atoms with Crippen LogP contribution in [0.2, 0.25) is 0 Å². The number of quaternary nitrogens is 2. The third-order valence-electron chi connectivity index (χ3n) is 3.41. The van der Waals surface area contributed by atoms with E-state index < -0.39 is 0 Å². The first kappa shape index (κ1) is 11.0. The van der Waals surface area contributed by atoms with Gasteiger partial charge in [-0.25, -0.2) is 0 Å². The van der Waals surface area contributed by atoms with E-state index in [-0.39, 0.29) is 0 Å². The molecule has 0 aromatic rings. The Kier molecular flexibility index (Phi) is 4.20. The van der Waals surface area contributed by atoms with Crippen molar-refractivity contribution in [1.82, 2.24) is 0 Å². The molecule has 0 bridgehead atoms. The maximum absolute atomic E-state index is 2.39. The molecule has 3 atom stereocenters. The molecular weight excluding hydrogens is 160 g/mol. The van der Waals surface area contributed by atoms with Gasteiger partial charge in [-0.05, 0) is 18.8 Å². The van der Waals surface area contributed by atoms with E-state index in [1.807, 2.05) is 0 Å². The van der Waals surface area contributed by atoms with Gasteiger partial charge in [0.1, 0.15) is 13.1 Å². The lowest BCUT2D eigenvalue weighted by atomic mass is 10.1. The zero-order valence-corrected chi connectivity index (χ0v) is 9.69. The first-order chi connectivity index (χ1) is 6.09. The maximum atomic E-state index is 2.39. The standard InChI is InChI=1S/C11H24N2/c1-10-5-6-11(9-10)13(4)8-7-12(2)3/h10-11H,5-9H2,1-4H3/p+2/t10-,11-/m0/s1. The number of nitrogens with one attached hydrogen (secondary N) is 2. The Morgan fingerprint density at radius 3 is 2.23 bits per heavy atom. The molecule has 0 aromatic carbocycles. The SMILES string of the molecule is C[C@H]1CC[C@H]([NH+](C)CC[NH+](C)C)C1. The molecule has 13 heavy (non-hydrogen) atoms. The number of hydrogen-bond donors (Lipinski definition) is 2. The monoisotopic (exact) mass is 186 g/mol. The van der Waals surface area contributed by atoms with Crippen LogP contribution in [0.4, 0.5) is 0 Å². The lowest BCUT2D eigenvalue weighted by Gasteiger charge is -2.21. The van der Waals surface area contributed by atoms with Crippen molar-refractivity contribution < 1.29 is 9.80 Å². The summed E-state index contributed by atoms with van der Waals surface area (Å²) in [5.41, 5.74) is 0. The third kappa shape index (κ3) is 3.65. The highest BCUT2D eigenvalue weighted by molar-refractivity contribution is 4.71. The normalized spacial score (nSPS) is 31.2. The summed E-state index contributed by atoms with van der Waals surface area (Å²) in [6.07, 6.45) is 4.36. The van der Waals surface area contributed by atoms with Crippen molar-refractivity contribution in [3.05, 3.63) is 0 Å². The first-order valence-electron chi connectivity index (χ1n) is 5.71. The highest BCUT2D eigenvalue weighted by Gasteiger charge is 2.27. The lowest BCUT2D eigenvalue weighted by Crippen LogP contribution is -3.18. The first-order valence-corrected chi connectivity index (χ1v) is 5.71. The molecule has 0 heterocycles.